The van der Waals surface area contributed by atoms with Crippen molar-refractivity contribution >= 4 is 11.7 Å². The van der Waals surface area contributed by atoms with Crippen molar-refractivity contribution in [2.24, 2.45) is 0 Å². The summed E-state index contributed by atoms with van der Waals surface area (Å²) in [5, 5.41) is 3.54. The van der Waals surface area contributed by atoms with Crippen LogP contribution in [-0.2, 0) is 11.3 Å². The van der Waals surface area contributed by atoms with Crippen LogP contribution in [0.15, 0.2) is 6.20 Å². The maximum atomic E-state index is 12.0. The number of carbonyl (C=O) groups excluding carboxylic acids is 1. The molecule has 0 atom stereocenters. The fourth-order valence-corrected chi connectivity index (χ4v) is 0.989. The minimum absolute atomic E-state index is 0.0255. The van der Waals surface area contributed by atoms with Gasteiger partial charge in [-0.05, 0) is 0 Å². The Morgan fingerprint density at radius 3 is 2.93 bits per heavy atom. The van der Waals surface area contributed by atoms with Crippen molar-refractivity contribution in [3.8, 4) is 0 Å². The molecule has 1 aromatic heterocycles. The summed E-state index contributed by atoms with van der Waals surface area (Å²) in [6, 6.07) is 0. The van der Waals surface area contributed by atoms with E-state index in [0.29, 0.717) is 0 Å². The Kier molecular flexibility index (Phi) is 3.00. The molecule has 78 valence electrons. The molecule has 5 nitrogen and oxygen atoms in total. The lowest BCUT2D eigenvalue weighted by Crippen LogP contribution is -2.17. The predicted molar refractivity (Wildman–Crippen MR) is 44.0 cm³/mol. The van der Waals surface area contributed by atoms with Crippen LogP contribution in [0.4, 0.5) is 14.5 Å². The molecule has 0 unspecified atom stereocenters. The molecule has 1 rings (SSSR count). The number of aromatic nitrogens is 2. The summed E-state index contributed by atoms with van der Waals surface area (Å²) >= 11 is 0. The third-order valence-corrected chi connectivity index (χ3v) is 1.56. The van der Waals surface area contributed by atoms with Crippen LogP contribution in [0, 0.1) is 0 Å². The fourth-order valence-electron chi connectivity index (χ4n) is 0.989. The van der Waals surface area contributed by atoms with Crippen molar-refractivity contribution in [3.05, 3.63) is 11.9 Å². The molecule has 0 bridgehead atoms. The van der Waals surface area contributed by atoms with E-state index in [-0.39, 0.29) is 11.4 Å². The SMILES string of the molecule is COC(=O)c1c(N)cnn1CC(F)F. The third kappa shape index (κ3) is 1.98. The Morgan fingerprint density at radius 2 is 2.43 bits per heavy atom. The van der Waals surface area contributed by atoms with E-state index in [1.54, 1.807) is 0 Å². The first-order valence-electron chi connectivity index (χ1n) is 3.74. The molecule has 0 saturated carbocycles. The quantitative estimate of drug-likeness (QED) is 0.730. The fraction of sp³-hybridized carbons (Fsp3) is 0.429. The Morgan fingerprint density at radius 1 is 1.79 bits per heavy atom. The molecule has 0 aliphatic carbocycles. The van der Waals surface area contributed by atoms with Gasteiger partial charge in [-0.1, -0.05) is 0 Å². The van der Waals surface area contributed by atoms with E-state index in [9.17, 15) is 13.6 Å². The zero-order chi connectivity index (χ0) is 10.7. The average molecular weight is 205 g/mol. The first kappa shape index (κ1) is 10.4. The first-order chi connectivity index (χ1) is 6.56. The molecule has 0 aliphatic rings. The minimum Gasteiger partial charge on any atom is -0.464 e. The number of rotatable bonds is 3. The van der Waals surface area contributed by atoms with Gasteiger partial charge in [-0.3, -0.25) is 4.68 Å². The van der Waals surface area contributed by atoms with Crippen LogP contribution in [0.5, 0.6) is 0 Å². The number of nitrogens with zero attached hydrogens (tertiary/aromatic N) is 2. The Hall–Kier alpha value is -1.66. The van der Waals surface area contributed by atoms with E-state index in [1.807, 2.05) is 0 Å². The highest BCUT2D eigenvalue weighted by Crippen LogP contribution is 2.13. The topological polar surface area (TPSA) is 70.1 Å². The molecule has 2 N–H and O–H groups in total. The molecule has 1 heterocycles. The Bertz CT molecular complexity index is 338. The molecule has 0 saturated heterocycles. The van der Waals surface area contributed by atoms with E-state index in [1.165, 1.54) is 0 Å². The summed E-state index contributed by atoms with van der Waals surface area (Å²) in [5.74, 6) is -0.777. The van der Waals surface area contributed by atoms with Gasteiger partial charge in [-0.2, -0.15) is 5.10 Å². The minimum atomic E-state index is -2.60. The lowest BCUT2D eigenvalue weighted by Gasteiger charge is -2.05. The molecule has 14 heavy (non-hydrogen) atoms. The summed E-state index contributed by atoms with van der Waals surface area (Å²) < 4.78 is 29.2. The second-order valence-corrected chi connectivity index (χ2v) is 2.51. The summed E-state index contributed by atoms with van der Waals surface area (Å²) in [5.41, 5.74) is 5.24. The number of hydrogen-bond donors (Lipinski definition) is 1. The highest BCUT2D eigenvalue weighted by atomic mass is 19.3. The Labute approximate surface area is 78.4 Å². The van der Waals surface area contributed by atoms with Crippen molar-refractivity contribution in [2.75, 3.05) is 12.8 Å². The molecule has 1 aromatic rings. The normalized spacial score (nSPS) is 10.6. The van der Waals surface area contributed by atoms with Gasteiger partial charge in [0.2, 0.25) is 0 Å². The number of carbonyl (C=O) groups is 1. The zero-order valence-corrected chi connectivity index (χ0v) is 7.41. The smallest absolute Gasteiger partial charge is 0.358 e. The summed E-state index contributed by atoms with van der Waals surface area (Å²) in [4.78, 5) is 11.1. The molecular weight excluding hydrogens is 196 g/mol. The molecule has 7 heteroatoms. The number of methoxy groups -OCH3 is 1. The summed E-state index contributed by atoms with van der Waals surface area (Å²) in [6.45, 7) is -0.679. The van der Waals surface area contributed by atoms with Gasteiger partial charge in [0.05, 0.1) is 19.0 Å². The largest absolute Gasteiger partial charge is 0.464 e. The van der Waals surface area contributed by atoms with Crippen molar-refractivity contribution < 1.29 is 18.3 Å². The molecule has 0 radical (unpaired) electrons. The van der Waals surface area contributed by atoms with Gasteiger partial charge in [0.1, 0.15) is 6.54 Å². The molecule has 0 spiro atoms. The molecule has 0 amide bonds. The van der Waals surface area contributed by atoms with E-state index in [0.717, 1.165) is 18.0 Å². The molecule has 0 aromatic carbocycles. The highest BCUT2D eigenvalue weighted by Gasteiger charge is 2.19. The van der Waals surface area contributed by atoms with Crippen LogP contribution in [-0.4, -0.2) is 29.3 Å². The number of nitrogens with two attached hydrogens (primary N) is 1. The number of hydrogen-bond acceptors (Lipinski definition) is 4. The number of halogens is 2. The highest BCUT2D eigenvalue weighted by molar-refractivity contribution is 5.92. The van der Waals surface area contributed by atoms with E-state index >= 15 is 0 Å². The average Bonchev–Trinajstić information content (AvgIpc) is 2.45. The van der Waals surface area contributed by atoms with Gasteiger partial charge in [0.25, 0.3) is 6.43 Å². The van der Waals surface area contributed by atoms with Crippen LogP contribution in [0.25, 0.3) is 0 Å². The summed E-state index contributed by atoms with van der Waals surface area (Å²) in [7, 11) is 1.14. The van der Waals surface area contributed by atoms with Gasteiger partial charge in [-0.25, -0.2) is 13.6 Å². The van der Waals surface area contributed by atoms with Gasteiger partial charge >= 0.3 is 5.97 Å². The lowest BCUT2D eigenvalue weighted by atomic mass is 10.4. The summed E-state index contributed by atoms with van der Waals surface area (Å²) in [6.07, 6.45) is -1.47. The number of ether oxygens (including phenoxy) is 1. The second kappa shape index (κ2) is 4.03. The number of nitrogen functional groups attached to an aromatic ring is 1. The van der Waals surface area contributed by atoms with E-state index in [2.05, 4.69) is 9.84 Å². The van der Waals surface area contributed by atoms with Crippen LogP contribution in [0.2, 0.25) is 0 Å². The monoisotopic (exact) mass is 205 g/mol. The standard InChI is InChI=1S/C7H9F2N3O2/c1-14-7(13)6-4(10)2-11-12(6)3-5(8)9/h2,5H,3,10H2,1H3. The van der Waals surface area contributed by atoms with Crippen LogP contribution in [0.3, 0.4) is 0 Å². The van der Waals surface area contributed by atoms with Gasteiger partial charge in [0.15, 0.2) is 5.69 Å². The molecular formula is C7H9F2N3O2. The third-order valence-electron chi connectivity index (χ3n) is 1.56. The second-order valence-electron chi connectivity index (χ2n) is 2.51. The molecule has 0 fully saturated rings. The zero-order valence-electron chi connectivity index (χ0n) is 7.41. The van der Waals surface area contributed by atoms with Crippen molar-refractivity contribution in [3.63, 3.8) is 0 Å². The maximum absolute atomic E-state index is 12.0. The first-order valence-corrected chi connectivity index (χ1v) is 3.74. The van der Waals surface area contributed by atoms with Crippen LogP contribution >= 0.6 is 0 Å². The van der Waals surface area contributed by atoms with Crippen LogP contribution < -0.4 is 5.73 Å². The van der Waals surface area contributed by atoms with Crippen molar-refractivity contribution in [1.29, 1.82) is 0 Å². The number of esters is 1. The van der Waals surface area contributed by atoms with Crippen molar-refractivity contribution in [2.45, 2.75) is 13.0 Å². The van der Waals surface area contributed by atoms with E-state index in [4.69, 9.17) is 5.73 Å². The van der Waals surface area contributed by atoms with Gasteiger partial charge in [0, 0.05) is 0 Å². The van der Waals surface area contributed by atoms with Gasteiger partial charge < -0.3 is 10.5 Å². The predicted octanol–water partition coefficient (Wildman–Crippen LogP) is 0.517. The number of anilines is 1. The van der Waals surface area contributed by atoms with Crippen molar-refractivity contribution in [1.82, 2.24) is 9.78 Å². The Balaban J connectivity index is 3.00. The van der Waals surface area contributed by atoms with Crippen LogP contribution in [0.1, 0.15) is 10.5 Å². The van der Waals surface area contributed by atoms with E-state index < -0.39 is 18.9 Å². The number of alkyl halides is 2. The lowest BCUT2D eigenvalue weighted by molar-refractivity contribution is 0.0577. The molecule has 0 aliphatic heterocycles. The van der Waals surface area contributed by atoms with Gasteiger partial charge in [-0.15, -0.1) is 0 Å². The maximum Gasteiger partial charge on any atom is 0.358 e.